The maximum atomic E-state index is 12.5. The van der Waals surface area contributed by atoms with Gasteiger partial charge < -0.3 is 20.4 Å². The molecule has 20 heavy (non-hydrogen) atoms. The first-order valence-electron chi connectivity index (χ1n) is 6.54. The average Bonchev–Trinajstić information content (AvgIpc) is 2.45. The smallest absolute Gasteiger partial charge is 0.257 e. The summed E-state index contributed by atoms with van der Waals surface area (Å²) < 4.78 is 0.704. The molecule has 7 heteroatoms. The number of aliphatic hydroxyl groups excluding tert-OH is 2. The van der Waals surface area contributed by atoms with E-state index >= 15 is 0 Å². The third-order valence-corrected chi connectivity index (χ3v) is 3.09. The van der Waals surface area contributed by atoms with E-state index in [1.54, 1.807) is 12.3 Å². The van der Waals surface area contributed by atoms with Crippen molar-refractivity contribution >= 4 is 27.7 Å². The predicted molar refractivity (Wildman–Crippen MR) is 80.8 cm³/mol. The maximum Gasteiger partial charge on any atom is 0.257 e. The number of aromatic nitrogens is 1. The molecule has 0 spiro atoms. The number of hydrogen-bond acceptors (Lipinski definition) is 5. The second-order valence-electron chi connectivity index (χ2n) is 4.22. The van der Waals surface area contributed by atoms with Crippen molar-refractivity contribution in [2.24, 2.45) is 0 Å². The molecule has 1 aromatic heterocycles. The summed E-state index contributed by atoms with van der Waals surface area (Å²) in [4.78, 5) is 18.1. The van der Waals surface area contributed by atoms with Crippen LogP contribution in [0.15, 0.2) is 16.7 Å². The summed E-state index contributed by atoms with van der Waals surface area (Å²) in [5.74, 6) is 0.251. The van der Waals surface area contributed by atoms with Gasteiger partial charge in [0.1, 0.15) is 5.82 Å². The van der Waals surface area contributed by atoms with Crippen LogP contribution in [0.1, 0.15) is 23.7 Å². The van der Waals surface area contributed by atoms with Crippen LogP contribution in [0, 0.1) is 0 Å². The van der Waals surface area contributed by atoms with Gasteiger partial charge in [-0.1, -0.05) is 6.92 Å². The van der Waals surface area contributed by atoms with E-state index in [1.807, 2.05) is 6.92 Å². The molecule has 0 bridgehead atoms. The fraction of sp³-hybridized carbons (Fsp3) is 0.538. The molecule has 1 rings (SSSR count). The largest absolute Gasteiger partial charge is 0.395 e. The predicted octanol–water partition coefficient (Wildman–Crippen LogP) is 1.09. The van der Waals surface area contributed by atoms with Crippen LogP contribution < -0.4 is 5.32 Å². The van der Waals surface area contributed by atoms with E-state index < -0.39 is 0 Å². The van der Waals surface area contributed by atoms with Crippen LogP contribution in [0.4, 0.5) is 5.82 Å². The van der Waals surface area contributed by atoms with Gasteiger partial charge in [0.2, 0.25) is 0 Å². The van der Waals surface area contributed by atoms with Crippen molar-refractivity contribution in [3.8, 4) is 0 Å². The zero-order valence-corrected chi connectivity index (χ0v) is 13.1. The van der Waals surface area contributed by atoms with Gasteiger partial charge in [-0.3, -0.25) is 4.79 Å². The molecule has 112 valence electrons. The van der Waals surface area contributed by atoms with Gasteiger partial charge in [0, 0.05) is 30.3 Å². The molecule has 0 aliphatic heterocycles. The van der Waals surface area contributed by atoms with Crippen molar-refractivity contribution in [1.29, 1.82) is 0 Å². The Labute approximate surface area is 126 Å². The van der Waals surface area contributed by atoms with Crippen molar-refractivity contribution in [2.45, 2.75) is 13.3 Å². The minimum Gasteiger partial charge on any atom is -0.395 e. The van der Waals surface area contributed by atoms with Crippen molar-refractivity contribution in [3.63, 3.8) is 0 Å². The van der Waals surface area contributed by atoms with E-state index in [-0.39, 0.29) is 32.2 Å². The van der Waals surface area contributed by atoms with Crippen molar-refractivity contribution < 1.29 is 15.0 Å². The Morgan fingerprint density at radius 1 is 1.40 bits per heavy atom. The number of aliphatic hydroxyl groups is 2. The van der Waals surface area contributed by atoms with Crippen molar-refractivity contribution in [3.05, 3.63) is 22.3 Å². The Morgan fingerprint density at radius 2 is 2.05 bits per heavy atom. The Kier molecular flexibility index (Phi) is 7.50. The van der Waals surface area contributed by atoms with Crippen molar-refractivity contribution in [2.75, 3.05) is 38.2 Å². The molecular weight excluding hydrogens is 326 g/mol. The highest BCUT2D eigenvalue weighted by molar-refractivity contribution is 9.10. The zero-order valence-electron chi connectivity index (χ0n) is 11.5. The standard InChI is InChI=1S/C13H20BrN3O3/c1-2-3-15-12-11(8-10(14)9-16-12)13(20)17(4-6-18)5-7-19/h8-9,18-19H,2-7H2,1H3,(H,15,16). The molecule has 0 aliphatic rings. The van der Waals surface area contributed by atoms with Gasteiger partial charge in [0.05, 0.1) is 18.8 Å². The maximum absolute atomic E-state index is 12.5. The van der Waals surface area contributed by atoms with Gasteiger partial charge in [-0.25, -0.2) is 4.98 Å². The van der Waals surface area contributed by atoms with Gasteiger partial charge in [-0.2, -0.15) is 0 Å². The second kappa shape index (κ2) is 8.89. The molecule has 6 nitrogen and oxygen atoms in total. The first kappa shape index (κ1) is 16.9. The molecule has 0 aliphatic carbocycles. The molecule has 1 aromatic rings. The first-order chi connectivity index (χ1) is 9.63. The molecule has 0 aromatic carbocycles. The Hall–Kier alpha value is -1.18. The van der Waals surface area contributed by atoms with E-state index in [2.05, 4.69) is 26.2 Å². The Balaban J connectivity index is 3.01. The highest BCUT2D eigenvalue weighted by atomic mass is 79.9. The molecule has 0 saturated carbocycles. The molecule has 0 atom stereocenters. The fourth-order valence-electron chi connectivity index (χ4n) is 1.71. The number of pyridine rings is 1. The number of amides is 1. The summed E-state index contributed by atoms with van der Waals surface area (Å²) >= 11 is 3.30. The van der Waals surface area contributed by atoms with Crippen LogP contribution in [0.2, 0.25) is 0 Å². The van der Waals surface area contributed by atoms with Gasteiger partial charge in [-0.05, 0) is 28.4 Å². The van der Waals surface area contributed by atoms with Gasteiger partial charge in [-0.15, -0.1) is 0 Å². The summed E-state index contributed by atoms with van der Waals surface area (Å²) in [6.45, 7) is 2.81. The van der Waals surface area contributed by atoms with E-state index in [9.17, 15) is 4.79 Å². The van der Waals surface area contributed by atoms with Gasteiger partial charge in [0.25, 0.3) is 5.91 Å². The van der Waals surface area contributed by atoms with E-state index in [4.69, 9.17) is 10.2 Å². The quantitative estimate of drug-likeness (QED) is 0.656. The number of nitrogens with zero attached hydrogens (tertiary/aromatic N) is 2. The summed E-state index contributed by atoms with van der Waals surface area (Å²) in [6.07, 6.45) is 2.54. The van der Waals surface area contributed by atoms with Gasteiger partial charge >= 0.3 is 0 Å². The number of rotatable bonds is 8. The third-order valence-electron chi connectivity index (χ3n) is 2.65. The lowest BCUT2D eigenvalue weighted by Crippen LogP contribution is -2.36. The molecule has 0 saturated heterocycles. The number of anilines is 1. The third kappa shape index (κ3) is 4.73. The lowest BCUT2D eigenvalue weighted by molar-refractivity contribution is 0.0685. The zero-order chi connectivity index (χ0) is 15.0. The first-order valence-corrected chi connectivity index (χ1v) is 7.33. The van der Waals surface area contributed by atoms with E-state index in [0.717, 1.165) is 13.0 Å². The summed E-state index contributed by atoms with van der Waals surface area (Å²) in [5.41, 5.74) is 0.426. The molecule has 1 amide bonds. The summed E-state index contributed by atoms with van der Waals surface area (Å²) in [7, 11) is 0. The number of halogens is 1. The molecule has 0 radical (unpaired) electrons. The average molecular weight is 346 g/mol. The van der Waals surface area contributed by atoms with E-state index in [0.29, 0.717) is 15.9 Å². The van der Waals surface area contributed by atoms with Crippen LogP contribution in [-0.4, -0.2) is 58.9 Å². The number of nitrogens with one attached hydrogen (secondary N) is 1. The second-order valence-corrected chi connectivity index (χ2v) is 5.13. The van der Waals surface area contributed by atoms with Crippen LogP contribution >= 0.6 is 15.9 Å². The minimum absolute atomic E-state index is 0.148. The monoisotopic (exact) mass is 345 g/mol. The van der Waals surface area contributed by atoms with Gasteiger partial charge in [0.15, 0.2) is 0 Å². The number of carbonyl (C=O) groups excluding carboxylic acids is 1. The van der Waals surface area contributed by atoms with E-state index in [1.165, 1.54) is 4.90 Å². The van der Waals surface area contributed by atoms with Crippen LogP contribution in [0.25, 0.3) is 0 Å². The normalized spacial score (nSPS) is 10.4. The Bertz CT molecular complexity index is 437. The molecule has 0 fully saturated rings. The summed E-state index contributed by atoms with van der Waals surface area (Å²) in [6, 6.07) is 1.69. The van der Waals surface area contributed by atoms with Crippen LogP contribution in [0.3, 0.4) is 0 Å². The number of hydrogen-bond donors (Lipinski definition) is 3. The van der Waals surface area contributed by atoms with Crippen LogP contribution in [0.5, 0.6) is 0 Å². The topological polar surface area (TPSA) is 85.7 Å². The lowest BCUT2D eigenvalue weighted by Gasteiger charge is -2.22. The summed E-state index contributed by atoms with van der Waals surface area (Å²) in [5, 5.41) is 21.1. The number of carbonyl (C=O) groups is 1. The molecule has 1 heterocycles. The molecule has 3 N–H and O–H groups in total. The Morgan fingerprint density at radius 3 is 2.60 bits per heavy atom. The SMILES string of the molecule is CCCNc1ncc(Br)cc1C(=O)N(CCO)CCO. The lowest BCUT2D eigenvalue weighted by atomic mass is 10.2. The molecule has 0 unspecified atom stereocenters. The van der Waals surface area contributed by atoms with Crippen molar-refractivity contribution in [1.82, 2.24) is 9.88 Å². The molecular formula is C13H20BrN3O3. The minimum atomic E-state index is -0.263. The highest BCUT2D eigenvalue weighted by Crippen LogP contribution is 2.20. The van der Waals surface area contributed by atoms with Crippen LogP contribution in [-0.2, 0) is 0 Å². The highest BCUT2D eigenvalue weighted by Gasteiger charge is 2.19. The fourth-order valence-corrected chi connectivity index (χ4v) is 2.04.